The molecule has 1 heterocycles. The van der Waals surface area contributed by atoms with Crippen LogP contribution in [0.5, 0.6) is 5.75 Å². The van der Waals surface area contributed by atoms with E-state index >= 15 is 0 Å². The van der Waals surface area contributed by atoms with E-state index in [1.165, 1.54) is 18.3 Å². The Labute approximate surface area is 154 Å². The van der Waals surface area contributed by atoms with E-state index < -0.39 is 4.92 Å². The van der Waals surface area contributed by atoms with Gasteiger partial charge in [-0.05, 0) is 48.5 Å². The lowest BCUT2D eigenvalue weighted by Crippen LogP contribution is -2.17. The van der Waals surface area contributed by atoms with E-state index in [1.54, 1.807) is 55.6 Å². The topological polar surface area (TPSA) is 107 Å². The van der Waals surface area contributed by atoms with Gasteiger partial charge in [0.25, 0.3) is 11.6 Å². The molecule has 136 valence electrons. The minimum absolute atomic E-state index is 0.00772. The first-order chi connectivity index (χ1) is 13.1. The Kier molecular flexibility index (Phi) is 5.27. The summed E-state index contributed by atoms with van der Waals surface area (Å²) >= 11 is 0. The summed E-state index contributed by atoms with van der Waals surface area (Å²) in [5.74, 6) is 1.26. The number of nitro benzene ring substituents is 1. The van der Waals surface area contributed by atoms with Crippen LogP contribution in [-0.2, 0) is 0 Å². The Morgan fingerprint density at radius 1 is 1.11 bits per heavy atom. The average molecular weight is 365 g/mol. The van der Waals surface area contributed by atoms with Crippen LogP contribution in [0.15, 0.2) is 70.2 Å². The van der Waals surface area contributed by atoms with Crippen molar-refractivity contribution in [2.75, 3.05) is 7.11 Å². The van der Waals surface area contributed by atoms with Crippen LogP contribution in [0.3, 0.4) is 0 Å². The second-order valence-corrected chi connectivity index (χ2v) is 5.43. The van der Waals surface area contributed by atoms with Crippen molar-refractivity contribution in [1.82, 2.24) is 5.43 Å². The van der Waals surface area contributed by atoms with E-state index in [2.05, 4.69) is 10.5 Å². The van der Waals surface area contributed by atoms with Gasteiger partial charge in [-0.15, -0.1) is 0 Å². The first-order valence-electron chi connectivity index (χ1n) is 7.89. The summed E-state index contributed by atoms with van der Waals surface area (Å²) in [5.41, 5.74) is 3.56. The van der Waals surface area contributed by atoms with Crippen LogP contribution in [0.4, 0.5) is 5.69 Å². The van der Waals surface area contributed by atoms with Gasteiger partial charge < -0.3 is 9.15 Å². The Morgan fingerprint density at radius 2 is 1.81 bits per heavy atom. The lowest BCUT2D eigenvalue weighted by atomic mass is 10.1. The van der Waals surface area contributed by atoms with E-state index in [1.807, 2.05) is 0 Å². The van der Waals surface area contributed by atoms with Crippen molar-refractivity contribution < 1.29 is 18.9 Å². The number of carbonyl (C=O) groups excluding carboxylic acids is 1. The highest BCUT2D eigenvalue weighted by atomic mass is 16.6. The van der Waals surface area contributed by atoms with Crippen LogP contribution in [0, 0.1) is 10.1 Å². The number of nitrogens with one attached hydrogen (secondary N) is 1. The normalized spacial score (nSPS) is 10.7. The molecule has 0 aliphatic rings. The second kappa shape index (κ2) is 7.96. The number of rotatable bonds is 6. The summed E-state index contributed by atoms with van der Waals surface area (Å²) in [6, 6.07) is 16.0. The Hall–Kier alpha value is -3.94. The van der Waals surface area contributed by atoms with Gasteiger partial charge in [-0.2, -0.15) is 5.10 Å². The molecule has 0 fully saturated rings. The highest BCUT2D eigenvalue weighted by Crippen LogP contribution is 2.24. The monoisotopic (exact) mass is 365 g/mol. The number of hydrogen-bond donors (Lipinski definition) is 1. The fraction of sp³-hybridized carbons (Fsp3) is 0.0526. The van der Waals surface area contributed by atoms with Gasteiger partial charge in [0, 0.05) is 23.3 Å². The first-order valence-corrected chi connectivity index (χ1v) is 7.89. The van der Waals surface area contributed by atoms with E-state index in [0.29, 0.717) is 28.4 Å². The number of ether oxygens (including phenoxy) is 1. The predicted molar refractivity (Wildman–Crippen MR) is 98.9 cm³/mol. The maximum Gasteiger partial charge on any atom is 0.271 e. The Morgan fingerprint density at radius 3 is 2.44 bits per heavy atom. The van der Waals surface area contributed by atoms with Crippen molar-refractivity contribution >= 4 is 17.8 Å². The molecule has 0 saturated carbocycles. The van der Waals surface area contributed by atoms with Gasteiger partial charge in [0.1, 0.15) is 17.3 Å². The molecule has 0 unspecified atom stereocenters. The number of nitrogens with zero attached hydrogens (tertiary/aromatic N) is 2. The van der Waals surface area contributed by atoms with E-state index in [0.717, 1.165) is 0 Å². The lowest BCUT2D eigenvalue weighted by Gasteiger charge is -2.01. The van der Waals surface area contributed by atoms with Gasteiger partial charge in [0.15, 0.2) is 0 Å². The Bertz CT molecular complexity index is 975. The quantitative estimate of drug-likeness (QED) is 0.408. The van der Waals surface area contributed by atoms with E-state index in [4.69, 9.17) is 9.15 Å². The molecule has 2 aromatic carbocycles. The van der Waals surface area contributed by atoms with Gasteiger partial charge >= 0.3 is 0 Å². The smallest absolute Gasteiger partial charge is 0.271 e. The zero-order chi connectivity index (χ0) is 19.2. The number of hydrazone groups is 1. The summed E-state index contributed by atoms with van der Waals surface area (Å²) in [5, 5.41) is 14.6. The third-order valence-electron chi connectivity index (χ3n) is 3.70. The van der Waals surface area contributed by atoms with Crippen LogP contribution >= 0.6 is 0 Å². The van der Waals surface area contributed by atoms with E-state index in [9.17, 15) is 14.9 Å². The second-order valence-electron chi connectivity index (χ2n) is 5.43. The number of amides is 1. The maximum atomic E-state index is 12.0. The number of benzene rings is 2. The Balaban J connectivity index is 1.62. The molecular weight excluding hydrogens is 350 g/mol. The van der Waals surface area contributed by atoms with Crippen LogP contribution in [0.1, 0.15) is 16.1 Å². The van der Waals surface area contributed by atoms with Crippen molar-refractivity contribution in [2.24, 2.45) is 5.10 Å². The molecule has 1 aromatic heterocycles. The summed E-state index contributed by atoms with van der Waals surface area (Å²) < 4.78 is 10.6. The molecule has 1 N–H and O–H groups in total. The molecule has 3 aromatic rings. The van der Waals surface area contributed by atoms with Crippen molar-refractivity contribution in [1.29, 1.82) is 0 Å². The molecule has 0 spiro atoms. The van der Waals surface area contributed by atoms with Crippen molar-refractivity contribution in [3.05, 3.63) is 82.1 Å². The lowest BCUT2D eigenvalue weighted by molar-refractivity contribution is -0.384. The first kappa shape index (κ1) is 17.9. The minimum Gasteiger partial charge on any atom is -0.497 e. The summed E-state index contributed by atoms with van der Waals surface area (Å²) in [4.78, 5) is 22.2. The SMILES string of the molecule is COc1ccc(C(=O)NN=Cc2ccc(-c3ccc([N+](=O)[O-])cc3)o2)cc1. The molecule has 3 rings (SSSR count). The zero-order valence-corrected chi connectivity index (χ0v) is 14.3. The molecule has 0 radical (unpaired) electrons. The van der Waals surface area contributed by atoms with Crippen LogP contribution < -0.4 is 10.2 Å². The standard InChI is InChI=1S/C19H15N3O5/c1-26-16-8-4-14(5-9-16)19(23)21-20-12-17-10-11-18(27-17)13-2-6-15(7-3-13)22(24)25/h2-12H,1H3,(H,21,23). The molecule has 0 aliphatic heterocycles. The highest BCUT2D eigenvalue weighted by Gasteiger charge is 2.08. The van der Waals surface area contributed by atoms with Crippen LogP contribution in [-0.4, -0.2) is 24.2 Å². The molecule has 0 aliphatic carbocycles. The molecule has 8 heteroatoms. The number of nitro groups is 1. The maximum absolute atomic E-state index is 12.0. The molecule has 27 heavy (non-hydrogen) atoms. The number of non-ortho nitro benzene ring substituents is 1. The molecule has 0 saturated heterocycles. The fourth-order valence-corrected chi connectivity index (χ4v) is 2.29. The van der Waals surface area contributed by atoms with E-state index in [-0.39, 0.29) is 11.6 Å². The molecule has 1 amide bonds. The summed E-state index contributed by atoms with van der Waals surface area (Å²) in [6.07, 6.45) is 1.37. The fourth-order valence-electron chi connectivity index (χ4n) is 2.29. The third-order valence-corrected chi connectivity index (χ3v) is 3.70. The number of methoxy groups -OCH3 is 1. The van der Waals surface area contributed by atoms with Gasteiger partial charge in [-0.1, -0.05) is 0 Å². The van der Waals surface area contributed by atoms with Gasteiger partial charge in [0.05, 0.1) is 18.2 Å². The van der Waals surface area contributed by atoms with Gasteiger partial charge in [0.2, 0.25) is 0 Å². The van der Waals surface area contributed by atoms with Crippen LogP contribution in [0.25, 0.3) is 11.3 Å². The van der Waals surface area contributed by atoms with Crippen molar-refractivity contribution in [2.45, 2.75) is 0 Å². The van der Waals surface area contributed by atoms with Crippen LogP contribution in [0.2, 0.25) is 0 Å². The molecular formula is C19H15N3O5. The number of carbonyl (C=O) groups is 1. The number of hydrogen-bond acceptors (Lipinski definition) is 6. The predicted octanol–water partition coefficient (Wildman–Crippen LogP) is 3.63. The minimum atomic E-state index is -0.463. The zero-order valence-electron chi connectivity index (χ0n) is 14.3. The largest absolute Gasteiger partial charge is 0.497 e. The molecule has 0 bridgehead atoms. The summed E-state index contributed by atoms with van der Waals surface area (Å²) in [6.45, 7) is 0. The number of furan rings is 1. The van der Waals surface area contributed by atoms with Crippen molar-refractivity contribution in [3.63, 3.8) is 0 Å². The van der Waals surface area contributed by atoms with Crippen molar-refractivity contribution in [3.8, 4) is 17.1 Å². The molecule has 8 nitrogen and oxygen atoms in total. The summed E-state index contributed by atoms with van der Waals surface area (Å²) in [7, 11) is 1.55. The highest BCUT2D eigenvalue weighted by molar-refractivity contribution is 5.94. The molecule has 0 atom stereocenters. The van der Waals surface area contributed by atoms with Gasteiger partial charge in [-0.25, -0.2) is 5.43 Å². The van der Waals surface area contributed by atoms with Gasteiger partial charge in [-0.3, -0.25) is 14.9 Å². The third kappa shape index (κ3) is 4.37. The average Bonchev–Trinajstić information content (AvgIpc) is 3.17.